The summed E-state index contributed by atoms with van der Waals surface area (Å²) in [6, 6.07) is 7.33. The van der Waals surface area contributed by atoms with Crippen molar-refractivity contribution in [3.8, 4) is 0 Å². The van der Waals surface area contributed by atoms with E-state index in [1.165, 1.54) is 4.90 Å². The van der Waals surface area contributed by atoms with E-state index in [1.54, 1.807) is 29.2 Å². The summed E-state index contributed by atoms with van der Waals surface area (Å²) in [5.41, 5.74) is 2.78. The van der Waals surface area contributed by atoms with E-state index in [4.69, 9.17) is 0 Å². The molecule has 1 unspecified atom stereocenters. The van der Waals surface area contributed by atoms with E-state index in [2.05, 4.69) is 21.2 Å². The molecule has 3 heterocycles. The molecule has 0 saturated carbocycles. The minimum Gasteiger partial charge on any atom is -0.327 e. The summed E-state index contributed by atoms with van der Waals surface area (Å²) in [5.74, 6) is -1.71. The van der Waals surface area contributed by atoms with Crippen LogP contribution in [0.15, 0.2) is 34.8 Å². The molecule has 3 aliphatic rings. The van der Waals surface area contributed by atoms with Crippen molar-refractivity contribution >= 4 is 39.6 Å². The van der Waals surface area contributed by atoms with Crippen LogP contribution in [0.3, 0.4) is 0 Å². The molecule has 1 N–H and O–H groups in total. The van der Waals surface area contributed by atoms with E-state index < -0.39 is 11.9 Å². The number of nitrogens with one attached hydrogen (secondary N) is 1. The topological polar surface area (TPSA) is 86.8 Å². The molecule has 164 valence electrons. The zero-order valence-corrected chi connectivity index (χ0v) is 18.7. The molecular formula is C23H19BrFN3O4. The van der Waals surface area contributed by atoms with Crippen molar-refractivity contribution in [2.75, 3.05) is 0 Å². The second kappa shape index (κ2) is 7.51. The van der Waals surface area contributed by atoms with Gasteiger partial charge in [-0.1, -0.05) is 6.07 Å². The van der Waals surface area contributed by atoms with E-state index in [-0.39, 0.29) is 55.5 Å². The van der Waals surface area contributed by atoms with Gasteiger partial charge in [0, 0.05) is 36.2 Å². The molecule has 0 aliphatic carbocycles. The molecule has 0 spiro atoms. The van der Waals surface area contributed by atoms with Crippen LogP contribution < -0.4 is 5.32 Å². The van der Waals surface area contributed by atoms with Crippen molar-refractivity contribution < 1.29 is 23.6 Å². The number of benzene rings is 2. The normalized spacial score (nSPS) is 22.2. The minimum atomic E-state index is -0.707. The number of nitrogens with zero attached hydrogens (tertiary/aromatic N) is 2. The molecule has 9 heteroatoms. The van der Waals surface area contributed by atoms with Gasteiger partial charge in [-0.3, -0.25) is 24.5 Å². The first-order chi connectivity index (χ1) is 15.3. The van der Waals surface area contributed by atoms with Crippen LogP contribution in [-0.4, -0.2) is 39.5 Å². The molecule has 1 fully saturated rings. The summed E-state index contributed by atoms with van der Waals surface area (Å²) >= 11 is 3.19. The molecule has 0 radical (unpaired) electrons. The summed E-state index contributed by atoms with van der Waals surface area (Å²) in [7, 11) is 0. The zero-order valence-electron chi connectivity index (χ0n) is 17.2. The monoisotopic (exact) mass is 499 g/mol. The smallest absolute Gasteiger partial charge is 0.255 e. The Labute approximate surface area is 191 Å². The quantitative estimate of drug-likeness (QED) is 0.643. The van der Waals surface area contributed by atoms with E-state index in [1.807, 2.05) is 13.0 Å². The van der Waals surface area contributed by atoms with Crippen molar-refractivity contribution in [3.05, 3.63) is 68.4 Å². The van der Waals surface area contributed by atoms with Crippen LogP contribution in [0.4, 0.5) is 4.39 Å². The lowest BCUT2D eigenvalue weighted by atomic mass is 10.0. The van der Waals surface area contributed by atoms with Crippen molar-refractivity contribution in [1.82, 2.24) is 15.1 Å². The predicted molar refractivity (Wildman–Crippen MR) is 115 cm³/mol. The largest absolute Gasteiger partial charge is 0.327 e. The van der Waals surface area contributed by atoms with Crippen molar-refractivity contribution in [2.45, 2.75) is 44.9 Å². The Kier molecular flexibility index (Phi) is 4.88. The van der Waals surface area contributed by atoms with Gasteiger partial charge in [0.2, 0.25) is 11.8 Å². The van der Waals surface area contributed by atoms with Gasteiger partial charge in [0.25, 0.3) is 11.8 Å². The highest BCUT2D eigenvalue weighted by Crippen LogP contribution is 2.38. The summed E-state index contributed by atoms with van der Waals surface area (Å²) in [6.07, 6.45) is 0.460. The number of imide groups is 1. The lowest BCUT2D eigenvalue weighted by molar-refractivity contribution is -0.136. The zero-order chi connectivity index (χ0) is 22.7. The molecule has 2 aromatic carbocycles. The Morgan fingerprint density at radius 1 is 1.16 bits per heavy atom. The molecule has 5 rings (SSSR count). The van der Waals surface area contributed by atoms with E-state index in [0.29, 0.717) is 26.7 Å². The number of amides is 4. The number of carbonyl (C=O) groups is 4. The number of fused-ring (bicyclic) bond motifs is 2. The van der Waals surface area contributed by atoms with Gasteiger partial charge in [0.15, 0.2) is 0 Å². The Balaban J connectivity index is 1.39. The average Bonchev–Trinajstić information content (AvgIpc) is 3.27. The third kappa shape index (κ3) is 3.14. The fraction of sp³-hybridized carbons (Fsp3) is 0.304. The Morgan fingerprint density at radius 3 is 2.69 bits per heavy atom. The highest BCUT2D eigenvalue weighted by molar-refractivity contribution is 9.10. The average molecular weight is 500 g/mol. The summed E-state index contributed by atoms with van der Waals surface area (Å²) in [5, 5.41) is 2.28. The number of halogens is 2. The molecule has 1 saturated heterocycles. The molecule has 0 bridgehead atoms. The van der Waals surface area contributed by atoms with Crippen molar-refractivity contribution in [1.29, 1.82) is 0 Å². The number of hydrogen-bond acceptors (Lipinski definition) is 4. The van der Waals surface area contributed by atoms with E-state index in [0.717, 1.165) is 5.56 Å². The van der Waals surface area contributed by atoms with Crippen molar-refractivity contribution in [2.24, 2.45) is 0 Å². The fourth-order valence-electron chi connectivity index (χ4n) is 4.76. The molecule has 4 amide bonds. The van der Waals surface area contributed by atoms with Gasteiger partial charge >= 0.3 is 0 Å². The maximum absolute atomic E-state index is 14.5. The van der Waals surface area contributed by atoms with Crippen LogP contribution in [-0.2, 0) is 22.7 Å². The van der Waals surface area contributed by atoms with Gasteiger partial charge in [-0.05, 0) is 64.7 Å². The minimum absolute atomic E-state index is 0.166. The maximum Gasteiger partial charge on any atom is 0.255 e. The maximum atomic E-state index is 14.5. The molecule has 32 heavy (non-hydrogen) atoms. The highest BCUT2D eigenvalue weighted by Gasteiger charge is 2.40. The SMILES string of the molecule is C[C@H]1c2ccc(Br)c(F)c2CN1C(=O)c1ccc2c(c1)CN(C1CCC(=O)NC1=O)C2=O. The summed E-state index contributed by atoms with van der Waals surface area (Å²) in [6.45, 7) is 2.22. The standard InChI is InChI=1S/C23H19BrFN3O4/c1-11-14-4-5-17(24)20(25)16(14)10-27(11)22(31)12-2-3-15-13(8-12)9-28(23(15)32)18-6-7-19(29)26-21(18)30/h2-5,8,11,18H,6-7,9-10H2,1H3,(H,26,29,30)/t11-,18?/m0/s1. The second-order valence-electron chi connectivity index (χ2n) is 8.31. The Hall–Kier alpha value is -3.07. The van der Waals surface area contributed by atoms with Crippen LogP contribution >= 0.6 is 15.9 Å². The molecular weight excluding hydrogens is 481 g/mol. The van der Waals surface area contributed by atoms with Crippen LogP contribution in [0.25, 0.3) is 0 Å². The van der Waals surface area contributed by atoms with E-state index >= 15 is 0 Å². The van der Waals surface area contributed by atoms with Gasteiger partial charge in [0.05, 0.1) is 10.5 Å². The first kappa shape index (κ1) is 20.8. The van der Waals surface area contributed by atoms with Gasteiger partial charge in [-0.25, -0.2) is 4.39 Å². The van der Waals surface area contributed by atoms with E-state index in [9.17, 15) is 23.6 Å². The van der Waals surface area contributed by atoms with Crippen LogP contribution in [0.2, 0.25) is 0 Å². The molecule has 7 nitrogen and oxygen atoms in total. The third-order valence-corrected chi connectivity index (χ3v) is 7.12. The lowest BCUT2D eigenvalue weighted by Crippen LogP contribution is -2.52. The summed E-state index contributed by atoms with van der Waals surface area (Å²) < 4.78 is 14.9. The van der Waals surface area contributed by atoms with Gasteiger partial charge in [0.1, 0.15) is 11.9 Å². The van der Waals surface area contributed by atoms with Gasteiger partial charge in [-0.2, -0.15) is 0 Å². The van der Waals surface area contributed by atoms with Crippen molar-refractivity contribution in [3.63, 3.8) is 0 Å². The lowest BCUT2D eigenvalue weighted by Gasteiger charge is -2.29. The van der Waals surface area contributed by atoms with Crippen LogP contribution in [0.1, 0.15) is 63.2 Å². The number of rotatable bonds is 2. The van der Waals surface area contributed by atoms with Crippen LogP contribution in [0.5, 0.6) is 0 Å². The van der Waals surface area contributed by atoms with Gasteiger partial charge < -0.3 is 9.80 Å². The number of piperidine rings is 1. The highest BCUT2D eigenvalue weighted by atomic mass is 79.9. The summed E-state index contributed by atoms with van der Waals surface area (Å²) in [4.78, 5) is 52.8. The predicted octanol–water partition coefficient (Wildman–Crippen LogP) is 3.07. The number of hydrogen-bond donors (Lipinski definition) is 1. The molecule has 3 aliphatic heterocycles. The fourth-order valence-corrected chi connectivity index (χ4v) is 5.13. The second-order valence-corrected chi connectivity index (χ2v) is 9.16. The Bertz CT molecular complexity index is 1210. The number of carbonyl (C=O) groups excluding carboxylic acids is 4. The Morgan fingerprint density at radius 2 is 1.94 bits per heavy atom. The third-order valence-electron chi connectivity index (χ3n) is 6.51. The molecule has 0 aromatic heterocycles. The molecule has 2 atom stereocenters. The first-order valence-electron chi connectivity index (χ1n) is 10.3. The first-order valence-corrected chi connectivity index (χ1v) is 11.1. The van der Waals surface area contributed by atoms with Crippen LogP contribution in [0, 0.1) is 5.82 Å². The van der Waals surface area contributed by atoms with Gasteiger partial charge in [-0.15, -0.1) is 0 Å². The molecule has 2 aromatic rings.